The van der Waals surface area contributed by atoms with Gasteiger partial charge in [0, 0.05) is 32.0 Å². The van der Waals surface area contributed by atoms with Crippen LogP contribution in [0.2, 0.25) is 0 Å². The molecule has 1 aliphatic rings. The molecule has 1 aromatic carbocycles. The standard InChI is InChI=1S/C16H19NO3/c1-2-20-15-6-3-13(4-7-15)5-8-16(19)17-11-9-14(18)10-12-17/h3-8H,2,9-12H2,1H3/b8-5+. The Balaban J connectivity index is 1.91. The summed E-state index contributed by atoms with van der Waals surface area (Å²) < 4.78 is 5.36. The van der Waals surface area contributed by atoms with Gasteiger partial charge in [-0.05, 0) is 30.7 Å². The summed E-state index contributed by atoms with van der Waals surface area (Å²) in [7, 11) is 0. The summed E-state index contributed by atoms with van der Waals surface area (Å²) in [6.07, 6.45) is 4.30. The molecule has 1 aliphatic heterocycles. The van der Waals surface area contributed by atoms with Gasteiger partial charge in [-0.15, -0.1) is 0 Å². The maximum absolute atomic E-state index is 12.0. The Bertz CT molecular complexity index is 495. The first-order chi connectivity index (χ1) is 9.69. The number of ketones is 1. The van der Waals surface area contributed by atoms with Gasteiger partial charge < -0.3 is 9.64 Å². The molecule has 0 atom stereocenters. The number of piperidine rings is 1. The Morgan fingerprint density at radius 1 is 1.25 bits per heavy atom. The molecule has 2 rings (SSSR count). The molecule has 0 N–H and O–H groups in total. The molecule has 0 bridgehead atoms. The third-order valence-corrected chi connectivity index (χ3v) is 3.24. The summed E-state index contributed by atoms with van der Waals surface area (Å²) in [5.41, 5.74) is 0.954. The van der Waals surface area contributed by atoms with Crippen molar-refractivity contribution >= 4 is 17.8 Å². The fourth-order valence-electron chi connectivity index (χ4n) is 2.09. The number of carbonyl (C=O) groups excluding carboxylic acids is 2. The van der Waals surface area contributed by atoms with Gasteiger partial charge in [-0.1, -0.05) is 12.1 Å². The Labute approximate surface area is 119 Å². The number of ether oxygens (including phenoxy) is 1. The zero-order valence-corrected chi connectivity index (χ0v) is 11.7. The molecule has 0 aliphatic carbocycles. The van der Waals surface area contributed by atoms with Crippen molar-refractivity contribution in [2.24, 2.45) is 0 Å². The molecular formula is C16H19NO3. The van der Waals surface area contributed by atoms with Crippen LogP contribution in [-0.2, 0) is 9.59 Å². The number of hydrogen-bond donors (Lipinski definition) is 0. The molecule has 1 amide bonds. The van der Waals surface area contributed by atoms with Crippen molar-refractivity contribution in [3.05, 3.63) is 35.9 Å². The Hall–Kier alpha value is -2.10. The van der Waals surface area contributed by atoms with Crippen molar-refractivity contribution in [3.63, 3.8) is 0 Å². The minimum Gasteiger partial charge on any atom is -0.494 e. The SMILES string of the molecule is CCOc1ccc(/C=C/C(=O)N2CCC(=O)CC2)cc1. The Kier molecular flexibility index (Phi) is 4.93. The highest BCUT2D eigenvalue weighted by atomic mass is 16.5. The second kappa shape index (κ2) is 6.89. The molecular weight excluding hydrogens is 254 g/mol. The van der Waals surface area contributed by atoms with E-state index in [4.69, 9.17) is 4.74 Å². The van der Waals surface area contributed by atoms with E-state index in [1.165, 1.54) is 0 Å². The van der Waals surface area contributed by atoms with Gasteiger partial charge in [0.05, 0.1) is 6.61 Å². The minimum absolute atomic E-state index is 0.0358. The van der Waals surface area contributed by atoms with Gasteiger partial charge in [0.15, 0.2) is 0 Å². The molecule has 0 radical (unpaired) electrons. The van der Waals surface area contributed by atoms with Crippen LogP contribution in [0.25, 0.3) is 6.08 Å². The second-order valence-electron chi connectivity index (χ2n) is 4.70. The molecule has 1 heterocycles. The lowest BCUT2D eigenvalue weighted by Gasteiger charge is -2.24. The van der Waals surface area contributed by atoms with Crippen LogP contribution in [0.4, 0.5) is 0 Å². The molecule has 0 aromatic heterocycles. The maximum atomic E-state index is 12.0. The van der Waals surface area contributed by atoms with E-state index in [0.29, 0.717) is 32.5 Å². The van der Waals surface area contributed by atoms with Gasteiger partial charge in [0.1, 0.15) is 11.5 Å². The van der Waals surface area contributed by atoms with Crippen LogP contribution in [0.3, 0.4) is 0 Å². The van der Waals surface area contributed by atoms with E-state index < -0.39 is 0 Å². The van der Waals surface area contributed by atoms with Crippen LogP contribution in [0.15, 0.2) is 30.3 Å². The van der Waals surface area contributed by atoms with E-state index in [0.717, 1.165) is 11.3 Å². The van der Waals surface area contributed by atoms with Gasteiger partial charge in [0.25, 0.3) is 0 Å². The number of rotatable bonds is 4. The van der Waals surface area contributed by atoms with Crippen molar-refractivity contribution in [2.75, 3.05) is 19.7 Å². The van der Waals surface area contributed by atoms with Crippen LogP contribution in [0.5, 0.6) is 5.75 Å². The summed E-state index contributed by atoms with van der Waals surface area (Å²) in [6, 6.07) is 7.59. The summed E-state index contributed by atoms with van der Waals surface area (Å²) >= 11 is 0. The van der Waals surface area contributed by atoms with Crippen LogP contribution in [0.1, 0.15) is 25.3 Å². The van der Waals surface area contributed by atoms with E-state index in [9.17, 15) is 9.59 Å². The van der Waals surface area contributed by atoms with E-state index in [2.05, 4.69) is 0 Å². The summed E-state index contributed by atoms with van der Waals surface area (Å²) in [6.45, 7) is 3.65. The molecule has 20 heavy (non-hydrogen) atoms. The molecule has 1 fully saturated rings. The van der Waals surface area contributed by atoms with Crippen molar-refractivity contribution in [1.29, 1.82) is 0 Å². The molecule has 0 unspecified atom stereocenters. The monoisotopic (exact) mass is 273 g/mol. The summed E-state index contributed by atoms with van der Waals surface area (Å²) in [5.74, 6) is 1.03. The fraction of sp³-hybridized carbons (Fsp3) is 0.375. The summed E-state index contributed by atoms with van der Waals surface area (Å²) in [4.78, 5) is 24.8. The van der Waals surface area contributed by atoms with Crippen molar-refractivity contribution in [3.8, 4) is 5.75 Å². The molecule has 4 nitrogen and oxygen atoms in total. The molecule has 1 aromatic rings. The zero-order chi connectivity index (χ0) is 14.4. The zero-order valence-electron chi connectivity index (χ0n) is 11.7. The van der Waals surface area contributed by atoms with E-state index >= 15 is 0 Å². The van der Waals surface area contributed by atoms with Crippen LogP contribution < -0.4 is 4.74 Å². The van der Waals surface area contributed by atoms with Crippen LogP contribution >= 0.6 is 0 Å². The number of amides is 1. The Morgan fingerprint density at radius 3 is 2.50 bits per heavy atom. The van der Waals surface area contributed by atoms with Crippen LogP contribution in [-0.4, -0.2) is 36.3 Å². The number of nitrogens with zero attached hydrogens (tertiary/aromatic N) is 1. The highest BCUT2D eigenvalue weighted by Crippen LogP contribution is 2.13. The van der Waals surface area contributed by atoms with Gasteiger partial charge in [-0.2, -0.15) is 0 Å². The topological polar surface area (TPSA) is 46.6 Å². The first-order valence-electron chi connectivity index (χ1n) is 6.90. The van der Waals surface area contributed by atoms with Gasteiger partial charge in [-0.25, -0.2) is 0 Å². The molecule has 106 valence electrons. The third kappa shape index (κ3) is 3.95. The minimum atomic E-state index is -0.0358. The molecule has 4 heteroatoms. The fourth-order valence-corrected chi connectivity index (χ4v) is 2.09. The third-order valence-electron chi connectivity index (χ3n) is 3.24. The predicted molar refractivity (Wildman–Crippen MR) is 77.5 cm³/mol. The quantitative estimate of drug-likeness (QED) is 0.791. The number of benzene rings is 1. The number of carbonyl (C=O) groups is 2. The van der Waals surface area contributed by atoms with Crippen molar-refractivity contribution in [1.82, 2.24) is 4.90 Å². The molecule has 0 spiro atoms. The van der Waals surface area contributed by atoms with Crippen LogP contribution in [0, 0.1) is 0 Å². The highest BCUT2D eigenvalue weighted by molar-refractivity contribution is 5.93. The second-order valence-corrected chi connectivity index (χ2v) is 4.70. The number of hydrogen-bond acceptors (Lipinski definition) is 3. The molecule has 0 saturated carbocycles. The Morgan fingerprint density at radius 2 is 1.90 bits per heavy atom. The largest absolute Gasteiger partial charge is 0.494 e. The lowest BCUT2D eigenvalue weighted by atomic mass is 10.1. The molecule has 1 saturated heterocycles. The van der Waals surface area contributed by atoms with Crippen molar-refractivity contribution < 1.29 is 14.3 Å². The van der Waals surface area contributed by atoms with Gasteiger partial charge in [-0.3, -0.25) is 9.59 Å². The lowest BCUT2D eigenvalue weighted by Crippen LogP contribution is -2.37. The highest BCUT2D eigenvalue weighted by Gasteiger charge is 2.18. The first kappa shape index (κ1) is 14.3. The lowest BCUT2D eigenvalue weighted by molar-refractivity contribution is -0.130. The first-order valence-corrected chi connectivity index (χ1v) is 6.90. The average Bonchev–Trinajstić information content (AvgIpc) is 2.47. The number of likely N-dealkylation sites (tertiary alicyclic amines) is 1. The van der Waals surface area contributed by atoms with E-state index in [1.807, 2.05) is 31.2 Å². The normalized spacial score (nSPS) is 15.7. The van der Waals surface area contributed by atoms with E-state index in [-0.39, 0.29) is 11.7 Å². The number of Topliss-reactive ketones (excluding diaryl/α,β-unsaturated/α-hetero) is 1. The predicted octanol–water partition coefficient (Wildman–Crippen LogP) is 2.29. The van der Waals surface area contributed by atoms with E-state index in [1.54, 1.807) is 17.1 Å². The van der Waals surface area contributed by atoms with Gasteiger partial charge in [0.2, 0.25) is 5.91 Å². The van der Waals surface area contributed by atoms with Crippen molar-refractivity contribution in [2.45, 2.75) is 19.8 Å². The maximum Gasteiger partial charge on any atom is 0.246 e. The summed E-state index contributed by atoms with van der Waals surface area (Å²) in [5, 5.41) is 0. The van der Waals surface area contributed by atoms with Gasteiger partial charge >= 0.3 is 0 Å². The smallest absolute Gasteiger partial charge is 0.246 e. The average molecular weight is 273 g/mol.